The zero-order valence-electron chi connectivity index (χ0n) is 16.8. The lowest BCUT2D eigenvalue weighted by molar-refractivity contribution is -0.129. The Morgan fingerprint density at radius 1 is 1.27 bits per heavy atom. The Morgan fingerprint density at radius 3 is 2.83 bits per heavy atom. The second kappa shape index (κ2) is 9.57. The van der Waals surface area contributed by atoms with E-state index in [2.05, 4.69) is 20.4 Å². The van der Waals surface area contributed by atoms with E-state index >= 15 is 0 Å². The number of halogens is 1. The molecule has 0 aliphatic carbocycles. The van der Waals surface area contributed by atoms with Crippen LogP contribution in [-0.4, -0.2) is 64.5 Å². The van der Waals surface area contributed by atoms with E-state index in [1.54, 1.807) is 12.1 Å². The minimum Gasteiger partial charge on any atom is -0.354 e. The molecule has 30 heavy (non-hydrogen) atoms. The molecule has 2 saturated heterocycles. The smallest absolute Gasteiger partial charge is 0.241 e. The van der Waals surface area contributed by atoms with Gasteiger partial charge in [0.2, 0.25) is 23.5 Å². The van der Waals surface area contributed by atoms with Crippen LogP contribution in [0.1, 0.15) is 31.6 Å². The Morgan fingerprint density at radius 2 is 2.10 bits per heavy atom. The lowest BCUT2D eigenvalue weighted by Crippen LogP contribution is -2.42. The Balaban J connectivity index is 1.20. The lowest BCUT2D eigenvalue weighted by atomic mass is 9.96. The molecule has 2 amide bonds. The molecule has 1 aromatic heterocycles. The fourth-order valence-electron chi connectivity index (χ4n) is 4.01. The predicted molar refractivity (Wildman–Crippen MR) is 112 cm³/mol. The molecule has 9 heteroatoms. The molecule has 0 unspecified atom stereocenters. The molecule has 1 N–H and O–H groups in total. The summed E-state index contributed by atoms with van der Waals surface area (Å²) in [7, 11) is 0. The van der Waals surface area contributed by atoms with Gasteiger partial charge in [-0.2, -0.15) is 4.98 Å². The normalized spacial score (nSPS) is 18.2. The fraction of sp³-hybridized carbons (Fsp3) is 0.524. The summed E-state index contributed by atoms with van der Waals surface area (Å²) < 4.78 is 5.39. The van der Waals surface area contributed by atoms with Crippen molar-refractivity contribution in [1.29, 1.82) is 0 Å². The zero-order valence-corrected chi connectivity index (χ0v) is 17.6. The number of hydrogen-bond acceptors (Lipinski definition) is 6. The third kappa shape index (κ3) is 5.17. The van der Waals surface area contributed by atoms with Gasteiger partial charge in [-0.15, -0.1) is 0 Å². The third-order valence-electron chi connectivity index (χ3n) is 5.72. The summed E-state index contributed by atoms with van der Waals surface area (Å²) >= 11 is 6.02. The number of likely N-dealkylation sites (tertiary alicyclic amines) is 2. The van der Waals surface area contributed by atoms with Gasteiger partial charge in [0, 0.05) is 42.6 Å². The van der Waals surface area contributed by atoms with Gasteiger partial charge in [0.15, 0.2) is 0 Å². The van der Waals surface area contributed by atoms with Gasteiger partial charge in [-0.25, -0.2) is 0 Å². The molecule has 8 nitrogen and oxygen atoms in total. The quantitative estimate of drug-likeness (QED) is 0.723. The van der Waals surface area contributed by atoms with Crippen LogP contribution in [0.3, 0.4) is 0 Å². The minimum absolute atomic E-state index is 0.0141. The van der Waals surface area contributed by atoms with Gasteiger partial charge in [0.25, 0.3) is 0 Å². The molecule has 0 spiro atoms. The summed E-state index contributed by atoms with van der Waals surface area (Å²) in [5, 5.41) is 7.66. The Hall–Kier alpha value is -2.45. The van der Waals surface area contributed by atoms with Crippen LogP contribution in [0, 0.1) is 5.92 Å². The van der Waals surface area contributed by atoms with Crippen molar-refractivity contribution in [2.75, 3.05) is 32.7 Å². The second-order valence-corrected chi connectivity index (χ2v) is 8.28. The molecule has 0 radical (unpaired) electrons. The highest BCUT2D eigenvalue weighted by Crippen LogP contribution is 2.22. The average molecular weight is 432 g/mol. The molecule has 2 aliphatic heterocycles. The van der Waals surface area contributed by atoms with Crippen LogP contribution in [0.5, 0.6) is 0 Å². The molecule has 1 aromatic carbocycles. The molecule has 160 valence electrons. The summed E-state index contributed by atoms with van der Waals surface area (Å²) in [5.41, 5.74) is 0.823. The van der Waals surface area contributed by atoms with Gasteiger partial charge in [-0.3, -0.25) is 14.5 Å². The van der Waals surface area contributed by atoms with E-state index in [-0.39, 0.29) is 17.7 Å². The fourth-order valence-corrected chi connectivity index (χ4v) is 4.20. The number of carbonyl (C=O) groups excluding carboxylic acids is 2. The SMILES string of the molecule is O=C(NCCN1CCCC1=O)C1CCN(Cc2nc(-c3cccc(Cl)c3)no2)CC1. The van der Waals surface area contributed by atoms with Crippen molar-refractivity contribution in [1.82, 2.24) is 25.3 Å². The van der Waals surface area contributed by atoms with Crippen molar-refractivity contribution in [3.63, 3.8) is 0 Å². The first kappa shape index (κ1) is 20.8. The maximum absolute atomic E-state index is 12.4. The van der Waals surface area contributed by atoms with E-state index in [0.29, 0.717) is 42.8 Å². The van der Waals surface area contributed by atoms with Crippen molar-refractivity contribution in [2.24, 2.45) is 5.92 Å². The number of rotatable bonds is 7. The summed E-state index contributed by atoms with van der Waals surface area (Å²) in [4.78, 5) is 32.6. The Kier molecular flexibility index (Phi) is 6.64. The van der Waals surface area contributed by atoms with Gasteiger partial charge in [0.05, 0.1) is 6.54 Å². The standard InChI is InChI=1S/C21H26ClN5O3/c22-17-4-1-3-16(13-17)20-24-18(30-25-20)14-26-10-6-15(7-11-26)21(29)23-8-12-27-9-2-5-19(27)28/h1,3-4,13,15H,2,5-12,14H2,(H,23,29). The Bertz CT molecular complexity index is 894. The topological polar surface area (TPSA) is 91.6 Å². The summed E-state index contributed by atoms with van der Waals surface area (Å²) in [6.45, 7) is 4.12. The largest absolute Gasteiger partial charge is 0.354 e. The van der Waals surface area contributed by atoms with Gasteiger partial charge in [0.1, 0.15) is 0 Å². The molecule has 2 aliphatic rings. The first-order valence-corrected chi connectivity index (χ1v) is 10.8. The van der Waals surface area contributed by atoms with Crippen molar-refractivity contribution >= 4 is 23.4 Å². The zero-order chi connectivity index (χ0) is 20.9. The van der Waals surface area contributed by atoms with E-state index < -0.39 is 0 Å². The summed E-state index contributed by atoms with van der Waals surface area (Å²) in [6, 6.07) is 7.36. The first-order valence-electron chi connectivity index (χ1n) is 10.4. The molecule has 2 aromatic rings. The highest BCUT2D eigenvalue weighted by atomic mass is 35.5. The molecule has 0 saturated carbocycles. The van der Waals surface area contributed by atoms with Gasteiger partial charge < -0.3 is 14.7 Å². The van der Waals surface area contributed by atoms with Gasteiger partial charge in [-0.05, 0) is 44.5 Å². The number of hydrogen-bond donors (Lipinski definition) is 1. The van der Waals surface area contributed by atoms with Crippen molar-refractivity contribution in [3.8, 4) is 11.4 Å². The van der Waals surface area contributed by atoms with Crippen LogP contribution in [-0.2, 0) is 16.1 Å². The molecule has 3 heterocycles. The molecule has 0 bridgehead atoms. The predicted octanol–water partition coefficient (Wildman–Crippen LogP) is 2.34. The summed E-state index contributed by atoms with van der Waals surface area (Å²) in [5.74, 6) is 1.38. The number of aromatic nitrogens is 2. The maximum atomic E-state index is 12.4. The van der Waals surface area contributed by atoms with Crippen molar-refractivity contribution in [2.45, 2.75) is 32.2 Å². The van der Waals surface area contributed by atoms with Crippen molar-refractivity contribution < 1.29 is 14.1 Å². The van der Waals surface area contributed by atoms with E-state index in [0.717, 1.165) is 44.5 Å². The van der Waals surface area contributed by atoms with Crippen molar-refractivity contribution in [3.05, 3.63) is 35.2 Å². The van der Waals surface area contributed by atoms with E-state index in [1.165, 1.54) is 0 Å². The van der Waals surface area contributed by atoms with Crippen LogP contribution in [0.2, 0.25) is 5.02 Å². The van der Waals surface area contributed by atoms with E-state index in [9.17, 15) is 9.59 Å². The van der Waals surface area contributed by atoms with Crippen LogP contribution in [0.4, 0.5) is 0 Å². The second-order valence-electron chi connectivity index (χ2n) is 7.85. The Labute approximate surface area is 180 Å². The molecular formula is C21H26ClN5O3. The van der Waals surface area contributed by atoms with Crippen LogP contribution >= 0.6 is 11.6 Å². The van der Waals surface area contributed by atoms with Gasteiger partial charge in [-0.1, -0.05) is 28.9 Å². The number of piperidine rings is 1. The van der Waals surface area contributed by atoms with Crippen LogP contribution in [0.25, 0.3) is 11.4 Å². The highest BCUT2D eigenvalue weighted by Gasteiger charge is 2.26. The maximum Gasteiger partial charge on any atom is 0.241 e. The first-order chi connectivity index (χ1) is 14.6. The number of nitrogens with zero attached hydrogens (tertiary/aromatic N) is 4. The molecule has 4 rings (SSSR count). The van der Waals surface area contributed by atoms with Crippen LogP contribution < -0.4 is 5.32 Å². The van der Waals surface area contributed by atoms with Crippen LogP contribution in [0.15, 0.2) is 28.8 Å². The average Bonchev–Trinajstić information content (AvgIpc) is 3.38. The van der Waals surface area contributed by atoms with E-state index in [1.807, 2.05) is 17.0 Å². The summed E-state index contributed by atoms with van der Waals surface area (Å²) in [6.07, 6.45) is 3.15. The van der Waals surface area contributed by atoms with Gasteiger partial charge >= 0.3 is 0 Å². The third-order valence-corrected chi connectivity index (χ3v) is 5.96. The minimum atomic E-state index is 0.0141. The number of benzene rings is 1. The number of nitrogens with one attached hydrogen (secondary N) is 1. The molecular weight excluding hydrogens is 406 g/mol. The van der Waals surface area contributed by atoms with E-state index in [4.69, 9.17) is 16.1 Å². The lowest BCUT2D eigenvalue weighted by Gasteiger charge is -2.30. The number of amides is 2. The monoisotopic (exact) mass is 431 g/mol. The molecule has 0 atom stereocenters. The highest BCUT2D eigenvalue weighted by molar-refractivity contribution is 6.30. The molecule has 2 fully saturated rings. The number of carbonyl (C=O) groups is 2.